The van der Waals surface area contributed by atoms with Crippen LogP contribution in [0.15, 0.2) is 54.6 Å². The summed E-state index contributed by atoms with van der Waals surface area (Å²) in [6.07, 6.45) is 1.85. The van der Waals surface area contributed by atoms with Gasteiger partial charge in [-0.25, -0.2) is 9.59 Å². The summed E-state index contributed by atoms with van der Waals surface area (Å²) in [6.45, 7) is -0.861. The summed E-state index contributed by atoms with van der Waals surface area (Å²) in [5, 5.41) is 20.1. The maximum atomic E-state index is 13.4. The number of rotatable bonds is 11. The Morgan fingerprint density at radius 1 is 1.09 bits per heavy atom. The predicted octanol–water partition coefficient (Wildman–Crippen LogP) is -0.778. The van der Waals surface area contributed by atoms with Crippen LogP contribution in [0.1, 0.15) is 24.0 Å². The van der Waals surface area contributed by atoms with Gasteiger partial charge in [0.05, 0.1) is 0 Å². The van der Waals surface area contributed by atoms with Crippen molar-refractivity contribution >= 4 is 29.5 Å². The van der Waals surface area contributed by atoms with E-state index in [2.05, 4.69) is 5.73 Å². The average molecular weight is 486 g/mol. The van der Waals surface area contributed by atoms with Crippen LogP contribution in [0.4, 0.5) is 5.69 Å². The summed E-state index contributed by atoms with van der Waals surface area (Å²) in [4.78, 5) is 50.2. The van der Waals surface area contributed by atoms with Gasteiger partial charge in [-0.1, -0.05) is 48.5 Å². The van der Waals surface area contributed by atoms with Crippen molar-refractivity contribution in [3.05, 3.63) is 65.7 Å². The first kappa shape index (κ1) is 25.9. The molecule has 1 heterocycles. The van der Waals surface area contributed by atoms with Crippen molar-refractivity contribution in [2.45, 2.75) is 43.8 Å². The summed E-state index contributed by atoms with van der Waals surface area (Å²) >= 11 is 0. The maximum absolute atomic E-state index is 13.4. The number of carboxylic acids is 2. The number of hydrogen-bond donors (Lipinski definition) is 4. The number of carbonyl (C=O) groups excluding carboxylic acids is 2. The van der Waals surface area contributed by atoms with Crippen molar-refractivity contribution in [2.24, 2.45) is 0 Å². The Morgan fingerprint density at radius 3 is 2.46 bits per heavy atom. The Labute approximate surface area is 202 Å². The molecule has 0 saturated heterocycles. The third kappa shape index (κ3) is 7.11. The molecule has 0 aromatic heterocycles. The molecule has 3 rings (SSSR count). The third-order valence-corrected chi connectivity index (χ3v) is 6.01. The van der Waals surface area contributed by atoms with Gasteiger partial charge >= 0.3 is 17.9 Å². The van der Waals surface area contributed by atoms with Crippen LogP contribution < -0.4 is 16.0 Å². The van der Waals surface area contributed by atoms with Crippen molar-refractivity contribution in [2.75, 3.05) is 18.1 Å². The quantitative estimate of drug-likeness (QED) is 0.303. The van der Waals surface area contributed by atoms with Crippen LogP contribution in [-0.4, -0.2) is 65.3 Å². The van der Waals surface area contributed by atoms with Crippen molar-refractivity contribution in [3.8, 4) is 0 Å². The summed E-state index contributed by atoms with van der Waals surface area (Å²) in [5.41, 5.74) is 5.89. The van der Waals surface area contributed by atoms with Crippen LogP contribution in [-0.2, 0) is 36.8 Å². The van der Waals surface area contributed by atoms with Crippen molar-refractivity contribution in [1.82, 2.24) is 0 Å². The fraction of sp³-hybridized carbons (Fsp3) is 0.360. The number of carboxylic acid groups (broad SMARTS) is 2. The molecular weight excluding hydrogens is 454 g/mol. The standard InChI is InChI=1S/C25H29N3O7/c26-18(24(32)33)15-35-25(34)20(12-10-16-6-2-1-3-7-16)27-19-13-11-17-8-4-5-9-21(17)28(23(19)31)14-22(29)30/h1-9,18-20,27H,10-15,26H2,(H,29,30)(H,32,33)/p+2/t18-,19+,20-/m0/s1. The smallest absolute Gasteiger partial charge is 0.366 e. The van der Waals surface area contributed by atoms with Crippen molar-refractivity contribution in [3.63, 3.8) is 0 Å². The minimum Gasteiger partial charge on any atom is -0.480 e. The predicted molar refractivity (Wildman–Crippen MR) is 124 cm³/mol. The number of fused-ring (bicyclic) bond motifs is 1. The van der Waals surface area contributed by atoms with Crippen molar-refractivity contribution in [1.29, 1.82) is 0 Å². The number of para-hydroxylation sites is 1. The second-order valence-corrected chi connectivity index (χ2v) is 8.58. The molecule has 2 aromatic carbocycles. The van der Waals surface area contributed by atoms with E-state index in [0.717, 1.165) is 11.1 Å². The van der Waals surface area contributed by atoms with Crippen LogP contribution in [0, 0.1) is 0 Å². The van der Waals surface area contributed by atoms with Crippen LogP contribution in [0.5, 0.6) is 0 Å². The van der Waals surface area contributed by atoms with Gasteiger partial charge in [0, 0.05) is 18.5 Å². The molecule has 10 nitrogen and oxygen atoms in total. The zero-order chi connectivity index (χ0) is 25.4. The van der Waals surface area contributed by atoms with Crippen LogP contribution in [0.2, 0.25) is 0 Å². The summed E-state index contributed by atoms with van der Waals surface area (Å²) < 4.78 is 5.24. The molecule has 7 N–H and O–H groups in total. The van der Waals surface area contributed by atoms with Gasteiger partial charge in [0.15, 0.2) is 18.7 Å². The number of hydrogen-bond acceptors (Lipinski definition) is 5. The molecule has 35 heavy (non-hydrogen) atoms. The molecule has 0 fully saturated rings. The number of nitrogens with zero attached hydrogens (tertiary/aromatic N) is 1. The van der Waals surface area contributed by atoms with Crippen LogP contribution >= 0.6 is 0 Å². The highest BCUT2D eigenvalue weighted by molar-refractivity contribution is 6.01. The molecule has 2 aromatic rings. The molecule has 186 valence electrons. The molecule has 10 heteroatoms. The molecule has 0 unspecified atom stereocenters. The first-order chi connectivity index (χ1) is 16.8. The normalized spacial score (nSPS) is 17.1. The molecule has 3 atom stereocenters. The third-order valence-electron chi connectivity index (χ3n) is 6.01. The summed E-state index contributed by atoms with van der Waals surface area (Å²) in [5.74, 6) is -3.33. The number of carbonyl (C=O) groups is 4. The minimum absolute atomic E-state index is 0.355. The summed E-state index contributed by atoms with van der Waals surface area (Å²) in [7, 11) is 0. The average Bonchev–Trinajstić information content (AvgIpc) is 2.97. The number of benzene rings is 2. The SMILES string of the molecule is [NH3+][C@@H](COC(=O)[C@H](CCc1ccccc1)[NH2+][C@@H]1CCc2ccccc2N(CC(=O)O)C1=O)C(=O)O. The maximum Gasteiger partial charge on any atom is 0.366 e. The first-order valence-corrected chi connectivity index (χ1v) is 11.5. The second kappa shape index (κ2) is 12.1. The van der Waals surface area contributed by atoms with Gasteiger partial charge in [-0.15, -0.1) is 0 Å². The van der Waals surface area contributed by atoms with Gasteiger partial charge in [0.1, 0.15) is 6.54 Å². The number of aliphatic carboxylic acids is 2. The lowest BCUT2D eigenvalue weighted by atomic mass is 10.0. The van der Waals surface area contributed by atoms with Crippen LogP contribution in [0.25, 0.3) is 0 Å². The Morgan fingerprint density at radius 2 is 1.77 bits per heavy atom. The molecule has 0 saturated carbocycles. The Bertz CT molecular complexity index is 1060. The number of anilines is 1. The molecule has 0 radical (unpaired) electrons. The van der Waals surface area contributed by atoms with Gasteiger partial charge < -0.3 is 26.0 Å². The molecule has 0 bridgehead atoms. The van der Waals surface area contributed by atoms with E-state index in [9.17, 15) is 24.3 Å². The molecule has 0 spiro atoms. The molecule has 1 aliphatic heterocycles. The Kier molecular flexibility index (Phi) is 8.93. The number of quaternary nitrogens is 2. The van der Waals surface area contributed by atoms with Gasteiger partial charge in [0.25, 0.3) is 5.91 Å². The first-order valence-electron chi connectivity index (χ1n) is 11.5. The van der Waals surface area contributed by atoms with E-state index in [1.165, 1.54) is 4.90 Å². The zero-order valence-electron chi connectivity index (χ0n) is 19.3. The number of esters is 1. The van der Waals surface area contributed by atoms with Crippen LogP contribution in [0.3, 0.4) is 0 Å². The van der Waals surface area contributed by atoms with E-state index in [1.807, 2.05) is 42.5 Å². The topological polar surface area (TPSA) is 165 Å². The molecule has 1 amide bonds. The van der Waals surface area contributed by atoms with E-state index in [1.54, 1.807) is 17.4 Å². The Balaban J connectivity index is 1.79. The minimum atomic E-state index is -1.18. The van der Waals surface area contributed by atoms with E-state index >= 15 is 0 Å². The lowest BCUT2D eigenvalue weighted by Crippen LogP contribution is -2.99. The fourth-order valence-corrected chi connectivity index (χ4v) is 4.12. The number of aryl methyl sites for hydroxylation is 2. The second-order valence-electron chi connectivity index (χ2n) is 8.58. The Hall–Kier alpha value is -3.76. The highest BCUT2D eigenvalue weighted by atomic mass is 16.5. The number of ether oxygens (including phenoxy) is 1. The highest BCUT2D eigenvalue weighted by Gasteiger charge is 2.38. The molecule has 1 aliphatic rings. The largest absolute Gasteiger partial charge is 0.480 e. The summed E-state index contributed by atoms with van der Waals surface area (Å²) in [6, 6.07) is 14.1. The van der Waals surface area contributed by atoms with E-state index in [4.69, 9.17) is 9.84 Å². The zero-order valence-corrected chi connectivity index (χ0v) is 19.3. The van der Waals surface area contributed by atoms with Gasteiger partial charge in [-0.3, -0.25) is 14.5 Å². The number of amides is 1. The molecular formula is C25H31N3O7+2. The fourth-order valence-electron chi connectivity index (χ4n) is 4.12. The van der Waals surface area contributed by atoms with Gasteiger partial charge in [0.2, 0.25) is 6.04 Å². The highest BCUT2D eigenvalue weighted by Crippen LogP contribution is 2.26. The number of nitrogens with two attached hydrogens (primary N) is 1. The van der Waals surface area contributed by atoms with Gasteiger partial charge in [-0.05, 0) is 30.0 Å². The lowest BCUT2D eigenvalue weighted by molar-refractivity contribution is -0.699. The lowest BCUT2D eigenvalue weighted by Gasteiger charge is -2.25. The monoisotopic (exact) mass is 485 g/mol. The van der Waals surface area contributed by atoms with E-state index < -0.39 is 48.5 Å². The van der Waals surface area contributed by atoms with E-state index in [0.29, 0.717) is 31.4 Å². The van der Waals surface area contributed by atoms with Crippen molar-refractivity contribution < 1.29 is 45.2 Å². The van der Waals surface area contributed by atoms with Gasteiger partial charge in [-0.2, -0.15) is 0 Å². The molecule has 0 aliphatic carbocycles. The van der Waals surface area contributed by atoms with E-state index in [-0.39, 0.29) is 6.61 Å².